The van der Waals surface area contributed by atoms with E-state index >= 15 is 0 Å². The summed E-state index contributed by atoms with van der Waals surface area (Å²) in [5.41, 5.74) is 10.7. The van der Waals surface area contributed by atoms with E-state index in [4.69, 9.17) is 5.73 Å². The second-order valence-corrected chi connectivity index (χ2v) is 8.59. The first kappa shape index (κ1) is 21.3. The maximum Gasteiger partial charge on any atom is 0.171 e. The van der Waals surface area contributed by atoms with Gasteiger partial charge in [-0.1, -0.05) is 31.2 Å². The first-order valence-corrected chi connectivity index (χ1v) is 11.5. The van der Waals surface area contributed by atoms with Crippen LogP contribution in [0.2, 0.25) is 0 Å². The third-order valence-corrected chi connectivity index (χ3v) is 6.42. The molecule has 7 heteroatoms. The van der Waals surface area contributed by atoms with Crippen molar-refractivity contribution in [2.45, 2.75) is 38.6 Å². The molecule has 0 aliphatic carbocycles. The lowest BCUT2D eigenvalue weighted by Crippen LogP contribution is -2.29. The summed E-state index contributed by atoms with van der Waals surface area (Å²) in [6.45, 7) is 4.10. The van der Waals surface area contributed by atoms with Crippen molar-refractivity contribution in [3.63, 3.8) is 0 Å². The van der Waals surface area contributed by atoms with Crippen molar-refractivity contribution in [2.24, 2.45) is 0 Å². The molecule has 0 amide bonds. The number of nitrogens with one attached hydrogen (secondary N) is 1. The number of carbonyl (C=O) groups is 1. The van der Waals surface area contributed by atoms with E-state index in [-0.39, 0.29) is 12.2 Å². The molecule has 0 spiro atoms. The Morgan fingerprint density at radius 2 is 2.00 bits per heavy atom. The van der Waals surface area contributed by atoms with E-state index in [1.807, 2.05) is 35.1 Å². The van der Waals surface area contributed by atoms with Gasteiger partial charge in [0.05, 0.1) is 29.9 Å². The lowest BCUT2D eigenvalue weighted by molar-refractivity contribution is 0.0992. The fourth-order valence-electron chi connectivity index (χ4n) is 4.55. The number of nitrogen functional groups attached to an aromatic ring is 1. The molecule has 4 heterocycles. The Labute approximate surface area is 193 Å². The van der Waals surface area contributed by atoms with Gasteiger partial charge in [0.2, 0.25) is 0 Å². The standard InChI is InChI=1S/C26H28N6O/c1-2-17-5-3-4-6-22(17)24-12-18-11-20(29-15-23(18)26(27)31-24)13-25(33)19-14-30-32(16-19)21-7-9-28-10-8-21/h3-6,11-12,14-16,21,28H,2,7-10,13H2,1H3,(H2,27,31). The van der Waals surface area contributed by atoms with Gasteiger partial charge in [-0.25, -0.2) is 4.98 Å². The SMILES string of the molecule is CCc1ccccc1-c1cc2cc(CC(=O)c3cnn(C4CCNCC4)c3)ncc2c(N)n1. The number of piperidine rings is 1. The lowest BCUT2D eigenvalue weighted by Gasteiger charge is -2.22. The smallest absolute Gasteiger partial charge is 0.171 e. The monoisotopic (exact) mass is 440 g/mol. The van der Waals surface area contributed by atoms with Crippen molar-refractivity contribution in [1.82, 2.24) is 25.1 Å². The zero-order chi connectivity index (χ0) is 22.8. The van der Waals surface area contributed by atoms with Crippen molar-refractivity contribution >= 4 is 22.4 Å². The largest absolute Gasteiger partial charge is 0.383 e. The van der Waals surface area contributed by atoms with Crippen LogP contribution in [-0.2, 0) is 12.8 Å². The Bertz CT molecular complexity index is 1310. The van der Waals surface area contributed by atoms with E-state index in [1.165, 1.54) is 5.56 Å². The molecule has 3 aromatic heterocycles. The quantitative estimate of drug-likeness (QED) is 0.440. The number of benzene rings is 1. The Hall–Kier alpha value is -3.58. The number of hydrogen-bond acceptors (Lipinski definition) is 6. The normalized spacial score (nSPS) is 14.6. The van der Waals surface area contributed by atoms with Crippen LogP contribution in [-0.4, -0.2) is 38.6 Å². The van der Waals surface area contributed by atoms with E-state index in [0.717, 1.165) is 54.4 Å². The van der Waals surface area contributed by atoms with Crippen LogP contribution in [0.5, 0.6) is 0 Å². The Balaban J connectivity index is 1.41. The summed E-state index contributed by atoms with van der Waals surface area (Å²) in [6, 6.07) is 12.6. The van der Waals surface area contributed by atoms with Crippen LogP contribution in [0.4, 0.5) is 5.82 Å². The van der Waals surface area contributed by atoms with Crippen molar-refractivity contribution in [2.75, 3.05) is 18.8 Å². The molecule has 33 heavy (non-hydrogen) atoms. The summed E-state index contributed by atoms with van der Waals surface area (Å²) in [7, 11) is 0. The molecule has 168 valence electrons. The van der Waals surface area contributed by atoms with E-state index in [9.17, 15) is 4.79 Å². The average molecular weight is 441 g/mol. The molecule has 7 nitrogen and oxygen atoms in total. The summed E-state index contributed by atoms with van der Waals surface area (Å²) in [6.07, 6.45) is 8.46. The number of fused-ring (bicyclic) bond motifs is 1. The minimum absolute atomic E-state index is 0.0145. The van der Waals surface area contributed by atoms with Gasteiger partial charge in [0.1, 0.15) is 5.82 Å². The minimum atomic E-state index is 0.0145. The number of hydrogen-bond donors (Lipinski definition) is 2. The molecule has 1 fully saturated rings. The van der Waals surface area contributed by atoms with Gasteiger partial charge in [0.15, 0.2) is 5.78 Å². The molecule has 1 aliphatic heterocycles. The Kier molecular flexibility index (Phi) is 5.88. The third kappa shape index (κ3) is 4.36. The van der Waals surface area contributed by atoms with Crippen molar-refractivity contribution < 1.29 is 4.79 Å². The number of pyridine rings is 2. The summed E-state index contributed by atoms with van der Waals surface area (Å²) in [5.74, 6) is 0.461. The predicted molar refractivity (Wildman–Crippen MR) is 130 cm³/mol. The highest BCUT2D eigenvalue weighted by atomic mass is 16.1. The van der Waals surface area contributed by atoms with Crippen molar-refractivity contribution in [3.8, 4) is 11.3 Å². The van der Waals surface area contributed by atoms with Crippen LogP contribution < -0.4 is 11.1 Å². The van der Waals surface area contributed by atoms with Crippen LogP contribution in [0.1, 0.15) is 47.4 Å². The van der Waals surface area contributed by atoms with Gasteiger partial charge in [-0.2, -0.15) is 5.10 Å². The minimum Gasteiger partial charge on any atom is -0.383 e. The number of ketones is 1. The molecule has 0 unspecified atom stereocenters. The van der Waals surface area contributed by atoms with E-state index < -0.39 is 0 Å². The fourth-order valence-corrected chi connectivity index (χ4v) is 4.55. The number of anilines is 1. The molecule has 1 aliphatic rings. The molecule has 0 atom stereocenters. The number of carbonyl (C=O) groups excluding carboxylic acids is 1. The zero-order valence-electron chi connectivity index (χ0n) is 18.8. The van der Waals surface area contributed by atoms with Gasteiger partial charge in [-0.15, -0.1) is 0 Å². The van der Waals surface area contributed by atoms with Crippen LogP contribution in [0, 0.1) is 0 Å². The van der Waals surface area contributed by atoms with Gasteiger partial charge in [0.25, 0.3) is 0 Å². The maximum atomic E-state index is 12.9. The first-order chi connectivity index (χ1) is 16.1. The Morgan fingerprint density at radius 3 is 2.82 bits per heavy atom. The van der Waals surface area contributed by atoms with Gasteiger partial charge >= 0.3 is 0 Å². The second kappa shape index (κ2) is 9.11. The first-order valence-electron chi connectivity index (χ1n) is 11.5. The molecule has 3 N–H and O–H groups in total. The molecule has 0 saturated carbocycles. The summed E-state index contributed by atoms with van der Waals surface area (Å²) >= 11 is 0. The number of aromatic nitrogens is 4. The number of rotatable bonds is 6. The predicted octanol–water partition coefficient (Wildman–Crippen LogP) is 3.99. The van der Waals surface area contributed by atoms with Gasteiger partial charge in [-0.05, 0) is 55.4 Å². The summed E-state index contributed by atoms with van der Waals surface area (Å²) in [5, 5.41) is 9.54. The number of aryl methyl sites for hydroxylation is 1. The highest BCUT2D eigenvalue weighted by Gasteiger charge is 2.18. The molecular weight excluding hydrogens is 412 g/mol. The summed E-state index contributed by atoms with van der Waals surface area (Å²) in [4.78, 5) is 22.1. The third-order valence-electron chi connectivity index (χ3n) is 6.42. The summed E-state index contributed by atoms with van der Waals surface area (Å²) < 4.78 is 1.94. The molecule has 4 aromatic rings. The number of Topliss-reactive ketones (excluding diaryl/α,β-unsaturated/α-hetero) is 1. The second-order valence-electron chi connectivity index (χ2n) is 8.59. The molecule has 1 aromatic carbocycles. The Morgan fingerprint density at radius 1 is 1.18 bits per heavy atom. The molecular formula is C26H28N6O. The zero-order valence-corrected chi connectivity index (χ0v) is 18.8. The van der Waals surface area contributed by atoms with Crippen molar-refractivity contribution in [1.29, 1.82) is 0 Å². The topological polar surface area (TPSA) is 98.7 Å². The molecule has 5 rings (SSSR count). The fraction of sp³-hybridized carbons (Fsp3) is 0.308. The van der Waals surface area contributed by atoms with Crippen LogP contribution in [0.15, 0.2) is 55.0 Å². The van der Waals surface area contributed by atoms with Gasteiger partial charge in [0, 0.05) is 29.0 Å². The van der Waals surface area contributed by atoms with Gasteiger partial charge < -0.3 is 11.1 Å². The van der Waals surface area contributed by atoms with Gasteiger partial charge in [-0.3, -0.25) is 14.5 Å². The van der Waals surface area contributed by atoms with Crippen molar-refractivity contribution in [3.05, 3.63) is 71.8 Å². The number of nitrogens with two attached hydrogens (primary N) is 1. The number of nitrogens with zero attached hydrogens (tertiary/aromatic N) is 4. The molecule has 1 saturated heterocycles. The van der Waals surface area contributed by atoms with Crippen LogP contribution in [0.25, 0.3) is 22.0 Å². The molecule has 0 radical (unpaired) electrons. The van der Waals surface area contributed by atoms with E-state index in [1.54, 1.807) is 12.4 Å². The molecule has 0 bridgehead atoms. The maximum absolute atomic E-state index is 12.9. The van der Waals surface area contributed by atoms with Crippen LogP contribution >= 0.6 is 0 Å². The van der Waals surface area contributed by atoms with E-state index in [2.05, 4.69) is 39.4 Å². The lowest BCUT2D eigenvalue weighted by atomic mass is 10.00. The highest BCUT2D eigenvalue weighted by molar-refractivity contribution is 5.98. The van der Waals surface area contributed by atoms with Crippen LogP contribution in [0.3, 0.4) is 0 Å². The van der Waals surface area contributed by atoms with E-state index in [0.29, 0.717) is 23.1 Å². The highest BCUT2D eigenvalue weighted by Crippen LogP contribution is 2.29. The average Bonchev–Trinajstić information content (AvgIpc) is 3.35.